The summed E-state index contributed by atoms with van der Waals surface area (Å²) in [5.74, 6) is 5.34. The summed E-state index contributed by atoms with van der Waals surface area (Å²) in [6.45, 7) is 9.18. The molecule has 2 atom stereocenters. The largest absolute Gasteiger partial charge is 0.459 e. The van der Waals surface area contributed by atoms with Crippen LogP contribution in [0.5, 0.6) is 0 Å². The van der Waals surface area contributed by atoms with Crippen molar-refractivity contribution in [1.82, 2.24) is 15.3 Å². The summed E-state index contributed by atoms with van der Waals surface area (Å²) in [6, 6.07) is 13.7. The summed E-state index contributed by atoms with van der Waals surface area (Å²) < 4.78 is 6.00. The van der Waals surface area contributed by atoms with Crippen LogP contribution in [0.3, 0.4) is 0 Å². The van der Waals surface area contributed by atoms with Gasteiger partial charge in [0.1, 0.15) is 23.2 Å². The average molecular weight is 553 g/mol. The minimum absolute atomic E-state index is 0.458. The zero-order valence-corrected chi connectivity index (χ0v) is 23.8. The van der Waals surface area contributed by atoms with E-state index in [-0.39, 0.29) is 0 Å². The van der Waals surface area contributed by atoms with E-state index in [1.54, 1.807) is 0 Å². The first-order chi connectivity index (χ1) is 18.4. The summed E-state index contributed by atoms with van der Waals surface area (Å²) >= 11 is 11.6. The molecule has 0 unspecified atom stereocenters. The van der Waals surface area contributed by atoms with E-state index in [0.29, 0.717) is 34.5 Å². The molecular formula is C29H37ClN6OS. The molecule has 2 N–H and O–H groups in total. The molecule has 2 aliphatic heterocycles. The Morgan fingerprint density at radius 1 is 0.947 bits per heavy atom. The zero-order chi connectivity index (χ0) is 26.5. The van der Waals surface area contributed by atoms with E-state index in [4.69, 9.17) is 38.2 Å². The average Bonchev–Trinajstić information content (AvgIpc) is 3.20. The quantitative estimate of drug-likeness (QED) is 0.326. The number of hydrogen-bond acceptors (Lipinski definition) is 6. The first kappa shape index (κ1) is 26.8. The van der Waals surface area contributed by atoms with Gasteiger partial charge in [0, 0.05) is 42.8 Å². The van der Waals surface area contributed by atoms with Crippen molar-refractivity contribution >= 4 is 46.5 Å². The Labute approximate surface area is 236 Å². The fourth-order valence-corrected chi connectivity index (χ4v) is 5.80. The zero-order valence-electron chi connectivity index (χ0n) is 22.3. The number of hydrogen-bond donors (Lipinski definition) is 2. The molecule has 2 fully saturated rings. The number of rotatable bonds is 6. The maximum absolute atomic E-state index is 6.01. The third kappa shape index (κ3) is 6.97. The third-order valence-corrected chi connectivity index (χ3v) is 7.76. The molecule has 2 saturated heterocycles. The second-order valence-corrected chi connectivity index (χ2v) is 11.6. The molecule has 9 heteroatoms. The van der Waals surface area contributed by atoms with Crippen molar-refractivity contribution in [3.05, 3.63) is 53.2 Å². The Balaban J connectivity index is 1.28. The van der Waals surface area contributed by atoms with Crippen LogP contribution in [0, 0.1) is 11.8 Å². The van der Waals surface area contributed by atoms with E-state index in [1.807, 2.05) is 36.4 Å². The van der Waals surface area contributed by atoms with Gasteiger partial charge >= 0.3 is 0 Å². The van der Waals surface area contributed by atoms with Gasteiger partial charge in [0.15, 0.2) is 5.11 Å². The predicted octanol–water partition coefficient (Wildman–Crippen LogP) is 6.74. The van der Waals surface area contributed by atoms with Gasteiger partial charge < -0.3 is 24.9 Å². The third-order valence-electron chi connectivity index (χ3n) is 7.26. The van der Waals surface area contributed by atoms with E-state index in [9.17, 15) is 0 Å². The number of anilines is 3. The second-order valence-electron chi connectivity index (χ2n) is 10.7. The first-order valence-electron chi connectivity index (χ1n) is 13.7. The second kappa shape index (κ2) is 12.3. The predicted molar refractivity (Wildman–Crippen MR) is 160 cm³/mol. The fraction of sp³-hybridized carbons (Fsp3) is 0.483. The van der Waals surface area contributed by atoms with Gasteiger partial charge in [0.25, 0.3) is 0 Å². The van der Waals surface area contributed by atoms with Crippen molar-refractivity contribution < 1.29 is 4.42 Å². The van der Waals surface area contributed by atoms with Crippen LogP contribution in [0.25, 0.3) is 11.3 Å². The van der Waals surface area contributed by atoms with E-state index < -0.39 is 0 Å². The minimum atomic E-state index is 0.458. The fourth-order valence-electron chi connectivity index (χ4n) is 5.51. The lowest BCUT2D eigenvalue weighted by molar-refractivity contribution is 0.355. The molecule has 0 aliphatic carbocycles. The number of benzene rings is 1. The maximum Gasteiger partial charge on any atom is 0.232 e. The molecule has 0 saturated carbocycles. The van der Waals surface area contributed by atoms with Gasteiger partial charge in [-0.25, -0.2) is 0 Å². The molecule has 1 aromatic carbocycles. The summed E-state index contributed by atoms with van der Waals surface area (Å²) in [7, 11) is 0. The van der Waals surface area contributed by atoms with E-state index in [0.717, 1.165) is 54.9 Å². The number of thiocarbonyl (C=S) groups is 1. The number of furan rings is 1. The Hall–Kier alpha value is -2.84. The van der Waals surface area contributed by atoms with Crippen LogP contribution in [-0.4, -0.2) is 41.3 Å². The maximum atomic E-state index is 6.01. The van der Waals surface area contributed by atoms with Crippen molar-refractivity contribution in [2.24, 2.45) is 11.8 Å². The normalized spacial score (nSPS) is 20.2. The highest BCUT2D eigenvalue weighted by Gasteiger charge is 2.25. The van der Waals surface area contributed by atoms with Gasteiger partial charge in [-0.15, -0.1) is 0 Å². The van der Waals surface area contributed by atoms with Crippen molar-refractivity contribution in [3.63, 3.8) is 0 Å². The Kier molecular flexibility index (Phi) is 8.69. The van der Waals surface area contributed by atoms with Crippen LogP contribution in [0.1, 0.15) is 51.7 Å². The summed E-state index contributed by atoms with van der Waals surface area (Å²) in [6.07, 6.45) is 6.20. The number of piperidine rings is 1. The molecule has 2 aromatic heterocycles. The Morgan fingerprint density at radius 3 is 2.29 bits per heavy atom. The van der Waals surface area contributed by atoms with Crippen LogP contribution in [0.4, 0.5) is 17.6 Å². The highest BCUT2D eigenvalue weighted by Crippen LogP contribution is 2.29. The molecule has 202 valence electrons. The van der Waals surface area contributed by atoms with Gasteiger partial charge in [-0.1, -0.05) is 38.3 Å². The molecule has 0 spiro atoms. The number of aromatic nitrogens is 2. The monoisotopic (exact) mass is 552 g/mol. The lowest BCUT2D eigenvalue weighted by atomic mass is 9.92. The molecule has 2 aliphatic rings. The SMILES string of the molecule is C[C@H]1C[C@H](C)CN(c2cc(N3CCCCCC3)nc(NC(=S)NCc3ccc(-c4ccc(Cl)cc4)o3)n2)C1. The number of halogens is 1. The van der Waals surface area contributed by atoms with Gasteiger partial charge in [0.2, 0.25) is 5.95 Å². The van der Waals surface area contributed by atoms with Crippen molar-refractivity contribution in [2.45, 2.75) is 52.5 Å². The van der Waals surface area contributed by atoms with E-state index in [1.165, 1.54) is 32.1 Å². The van der Waals surface area contributed by atoms with Crippen LogP contribution in [-0.2, 0) is 6.54 Å². The van der Waals surface area contributed by atoms with Crippen LogP contribution in [0.15, 0.2) is 46.9 Å². The van der Waals surface area contributed by atoms with Gasteiger partial charge in [-0.05, 0) is 79.7 Å². The lowest BCUT2D eigenvalue weighted by Crippen LogP contribution is -2.39. The molecule has 0 amide bonds. The van der Waals surface area contributed by atoms with E-state index in [2.05, 4.69) is 40.3 Å². The summed E-state index contributed by atoms with van der Waals surface area (Å²) in [4.78, 5) is 14.6. The smallest absolute Gasteiger partial charge is 0.232 e. The molecule has 5 rings (SSSR count). The van der Waals surface area contributed by atoms with Gasteiger partial charge in [0.05, 0.1) is 6.54 Å². The molecule has 7 nitrogen and oxygen atoms in total. The van der Waals surface area contributed by atoms with Crippen LogP contribution in [0.2, 0.25) is 5.02 Å². The number of nitrogens with one attached hydrogen (secondary N) is 2. The minimum Gasteiger partial charge on any atom is -0.459 e. The highest BCUT2D eigenvalue weighted by molar-refractivity contribution is 7.80. The topological polar surface area (TPSA) is 69.5 Å². The molecule has 3 aromatic rings. The molecule has 0 bridgehead atoms. The molecule has 38 heavy (non-hydrogen) atoms. The van der Waals surface area contributed by atoms with Gasteiger partial charge in [-0.2, -0.15) is 9.97 Å². The Bertz CT molecular complexity index is 1210. The molecule has 4 heterocycles. The molecule has 0 radical (unpaired) electrons. The van der Waals surface area contributed by atoms with Crippen molar-refractivity contribution in [1.29, 1.82) is 0 Å². The summed E-state index contributed by atoms with van der Waals surface area (Å²) in [5, 5.41) is 7.65. The van der Waals surface area contributed by atoms with E-state index >= 15 is 0 Å². The Morgan fingerprint density at radius 2 is 1.61 bits per heavy atom. The first-order valence-corrected chi connectivity index (χ1v) is 14.5. The van der Waals surface area contributed by atoms with Crippen LogP contribution < -0.4 is 20.4 Å². The summed E-state index contributed by atoms with van der Waals surface area (Å²) in [5.41, 5.74) is 0.981. The highest BCUT2D eigenvalue weighted by atomic mass is 35.5. The molecular weight excluding hydrogens is 516 g/mol. The lowest BCUT2D eigenvalue weighted by Gasteiger charge is -2.36. The van der Waals surface area contributed by atoms with Crippen molar-refractivity contribution in [3.8, 4) is 11.3 Å². The van der Waals surface area contributed by atoms with Crippen molar-refractivity contribution in [2.75, 3.05) is 41.3 Å². The van der Waals surface area contributed by atoms with Gasteiger partial charge in [-0.3, -0.25) is 0 Å². The number of nitrogens with zero attached hydrogens (tertiary/aromatic N) is 4. The van der Waals surface area contributed by atoms with Crippen LogP contribution >= 0.6 is 23.8 Å². The standard InChI is InChI=1S/C29H37ClN6OS/c1-20-15-21(2)19-36(18-20)27-16-26(35-13-5-3-4-6-14-35)32-28(33-27)34-29(38)31-17-24-11-12-25(37-24)22-7-9-23(30)10-8-22/h7-12,16,20-21H,3-6,13-15,17-19H2,1-2H3,(H2,31,32,33,34,38)/t20-,21-/m0/s1.